The molecule has 1 amide bonds. The highest BCUT2D eigenvalue weighted by atomic mass is 32.1. The second kappa shape index (κ2) is 10.9. The third-order valence-corrected chi connectivity index (χ3v) is 6.29. The van der Waals surface area contributed by atoms with Gasteiger partial charge in [0.15, 0.2) is 0 Å². The lowest BCUT2D eigenvalue weighted by atomic mass is 10.0. The fraction of sp³-hybridized carbons (Fsp3) is 0.346. The first-order chi connectivity index (χ1) is 16.4. The van der Waals surface area contributed by atoms with Crippen LogP contribution in [-0.4, -0.2) is 59.9 Å². The summed E-state index contributed by atoms with van der Waals surface area (Å²) in [5.74, 6) is 1.65. The number of benzene rings is 2. The summed E-state index contributed by atoms with van der Waals surface area (Å²) in [6.07, 6.45) is 5.50. The molecule has 0 radical (unpaired) electrons. The molecule has 7 nitrogen and oxygen atoms in total. The Morgan fingerprint density at radius 3 is 2.59 bits per heavy atom. The molecular weight excluding hydrogens is 446 g/mol. The molecule has 1 saturated heterocycles. The van der Waals surface area contributed by atoms with Crippen molar-refractivity contribution in [3.05, 3.63) is 59.8 Å². The first kappa shape index (κ1) is 24.0. The molecule has 2 heterocycles. The number of hydrogen-bond donors (Lipinski definition) is 2. The SMILES string of the molecule is Cc1nc(N2CCC(N(C)C)CC2)nc2ccc(NC(=O)/C=C/c3ccc(OCS)cc3)cc12. The number of rotatable bonds is 7. The van der Waals surface area contributed by atoms with Crippen LogP contribution in [0.3, 0.4) is 0 Å². The monoisotopic (exact) mass is 477 g/mol. The third kappa shape index (κ3) is 5.87. The molecule has 8 heteroatoms. The molecule has 1 aromatic heterocycles. The Labute approximate surface area is 206 Å². The van der Waals surface area contributed by atoms with Crippen LogP contribution in [-0.2, 0) is 4.79 Å². The summed E-state index contributed by atoms with van der Waals surface area (Å²) in [5, 5.41) is 3.86. The van der Waals surface area contributed by atoms with E-state index in [0.717, 1.165) is 59.8 Å². The number of carbonyl (C=O) groups is 1. The molecule has 0 unspecified atom stereocenters. The molecular formula is C26H31N5O2S. The minimum Gasteiger partial charge on any atom is -0.483 e. The Morgan fingerprint density at radius 2 is 1.91 bits per heavy atom. The molecule has 2 aromatic carbocycles. The van der Waals surface area contributed by atoms with Crippen molar-refractivity contribution in [1.82, 2.24) is 14.9 Å². The highest BCUT2D eigenvalue weighted by Gasteiger charge is 2.22. The number of aryl methyl sites for hydroxylation is 1. The van der Waals surface area contributed by atoms with Crippen molar-refractivity contribution in [2.45, 2.75) is 25.8 Å². The van der Waals surface area contributed by atoms with Crippen LogP contribution in [0.1, 0.15) is 24.1 Å². The van der Waals surface area contributed by atoms with E-state index in [1.165, 1.54) is 6.08 Å². The number of aromatic nitrogens is 2. The molecule has 1 fully saturated rings. The highest BCUT2D eigenvalue weighted by Crippen LogP contribution is 2.25. The van der Waals surface area contributed by atoms with E-state index in [1.54, 1.807) is 6.08 Å². The molecule has 0 bridgehead atoms. The highest BCUT2D eigenvalue weighted by molar-refractivity contribution is 7.80. The number of amides is 1. The molecule has 1 aliphatic heterocycles. The van der Waals surface area contributed by atoms with Crippen molar-refractivity contribution >= 4 is 47.2 Å². The van der Waals surface area contributed by atoms with Gasteiger partial charge < -0.3 is 19.9 Å². The minimum absolute atomic E-state index is 0.200. The lowest BCUT2D eigenvalue weighted by Crippen LogP contribution is -2.42. The maximum atomic E-state index is 12.4. The standard InChI is InChI=1S/C26H31N5O2S/c1-18-23-16-20(28-25(32)11-6-19-4-8-22(9-5-19)33-17-34)7-10-24(23)29-26(27-18)31-14-12-21(13-15-31)30(2)3/h4-11,16,21,34H,12-15,17H2,1-3H3,(H,28,32)/b11-6+. The summed E-state index contributed by atoms with van der Waals surface area (Å²) < 4.78 is 5.31. The van der Waals surface area contributed by atoms with Crippen LogP contribution in [0.15, 0.2) is 48.5 Å². The van der Waals surface area contributed by atoms with E-state index in [0.29, 0.717) is 17.7 Å². The normalized spacial score (nSPS) is 14.8. The van der Waals surface area contributed by atoms with Gasteiger partial charge >= 0.3 is 0 Å². The van der Waals surface area contributed by atoms with Crippen molar-refractivity contribution < 1.29 is 9.53 Å². The van der Waals surface area contributed by atoms with E-state index >= 15 is 0 Å². The Morgan fingerprint density at radius 1 is 1.18 bits per heavy atom. The predicted octanol–water partition coefficient (Wildman–Crippen LogP) is 4.39. The van der Waals surface area contributed by atoms with E-state index in [9.17, 15) is 4.79 Å². The summed E-state index contributed by atoms with van der Waals surface area (Å²) in [6.45, 7) is 3.91. The summed E-state index contributed by atoms with van der Waals surface area (Å²) in [6, 6.07) is 13.8. The Bertz CT molecular complexity index is 1170. The summed E-state index contributed by atoms with van der Waals surface area (Å²) in [5.41, 5.74) is 3.41. The van der Waals surface area contributed by atoms with Crippen LogP contribution in [0.2, 0.25) is 0 Å². The number of thiol groups is 1. The smallest absolute Gasteiger partial charge is 0.248 e. The number of nitrogens with zero attached hydrogens (tertiary/aromatic N) is 4. The molecule has 34 heavy (non-hydrogen) atoms. The van der Waals surface area contributed by atoms with Crippen LogP contribution >= 0.6 is 12.6 Å². The first-order valence-corrected chi connectivity index (χ1v) is 12.1. The quantitative estimate of drug-likeness (QED) is 0.299. The summed E-state index contributed by atoms with van der Waals surface area (Å²) >= 11 is 4.04. The number of piperidine rings is 1. The van der Waals surface area contributed by atoms with Gasteiger partial charge in [-0.3, -0.25) is 4.79 Å². The summed E-state index contributed by atoms with van der Waals surface area (Å²) in [4.78, 5) is 26.6. The van der Waals surface area contributed by atoms with Crippen molar-refractivity contribution in [2.75, 3.05) is 43.3 Å². The maximum Gasteiger partial charge on any atom is 0.248 e. The molecule has 0 spiro atoms. The van der Waals surface area contributed by atoms with E-state index in [1.807, 2.05) is 49.4 Å². The fourth-order valence-corrected chi connectivity index (χ4v) is 4.32. The second-order valence-corrected chi connectivity index (χ2v) is 8.95. The Hall–Kier alpha value is -3.10. The second-order valence-electron chi connectivity index (χ2n) is 8.69. The molecule has 0 saturated carbocycles. The zero-order valence-electron chi connectivity index (χ0n) is 19.9. The van der Waals surface area contributed by atoms with Crippen LogP contribution in [0.4, 0.5) is 11.6 Å². The fourth-order valence-electron chi connectivity index (χ4n) is 4.17. The van der Waals surface area contributed by atoms with E-state index in [2.05, 4.69) is 41.8 Å². The Balaban J connectivity index is 1.42. The summed E-state index contributed by atoms with van der Waals surface area (Å²) in [7, 11) is 4.28. The van der Waals surface area contributed by atoms with Gasteiger partial charge in [0, 0.05) is 36.3 Å². The van der Waals surface area contributed by atoms with Gasteiger partial charge in [-0.05, 0) is 75.8 Å². The van der Waals surface area contributed by atoms with Crippen LogP contribution in [0.25, 0.3) is 17.0 Å². The van der Waals surface area contributed by atoms with Crippen LogP contribution in [0.5, 0.6) is 5.75 Å². The zero-order valence-corrected chi connectivity index (χ0v) is 20.8. The molecule has 4 rings (SSSR count). The van der Waals surface area contributed by atoms with Gasteiger partial charge in [0.1, 0.15) is 11.7 Å². The molecule has 0 atom stereocenters. The van der Waals surface area contributed by atoms with Crippen molar-refractivity contribution in [1.29, 1.82) is 0 Å². The topological polar surface area (TPSA) is 70.6 Å². The van der Waals surface area contributed by atoms with Crippen LogP contribution in [0, 0.1) is 6.92 Å². The maximum absolute atomic E-state index is 12.4. The van der Waals surface area contributed by atoms with Crippen molar-refractivity contribution in [3.8, 4) is 5.75 Å². The van der Waals surface area contributed by atoms with Gasteiger partial charge in [-0.15, -0.1) is 12.6 Å². The number of hydrogen-bond acceptors (Lipinski definition) is 7. The average Bonchev–Trinajstić information content (AvgIpc) is 2.84. The predicted molar refractivity (Wildman–Crippen MR) is 142 cm³/mol. The molecule has 3 aromatic rings. The Kier molecular flexibility index (Phi) is 7.70. The lowest BCUT2D eigenvalue weighted by Gasteiger charge is -2.35. The van der Waals surface area contributed by atoms with Crippen molar-refractivity contribution in [3.63, 3.8) is 0 Å². The van der Waals surface area contributed by atoms with Gasteiger partial charge in [-0.1, -0.05) is 12.1 Å². The van der Waals surface area contributed by atoms with Crippen molar-refractivity contribution in [2.24, 2.45) is 0 Å². The van der Waals surface area contributed by atoms with Gasteiger partial charge in [-0.25, -0.2) is 9.97 Å². The van der Waals surface area contributed by atoms with Gasteiger partial charge in [0.2, 0.25) is 11.9 Å². The number of anilines is 2. The van der Waals surface area contributed by atoms with Gasteiger partial charge in [0.05, 0.1) is 11.2 Å². The number of ether oxygens (including phenoxy) is 1. The number of fused-ring (bicyclic) bond motifs is 1. The molecule has 1 aliphatic rings. The van der Waals surface area contributed by atoms with E-state index < -0.39 is 0 Å². The number of carbonyl (C=O) groups excluding carboxylic acids is 1. The van der Waals surface area contributed by atoms with E-state index in [-0.39, 0.29) is 5.91 Å². The van der Waals surface area contributed by atoms with Crippen LogP contribution < -0.4 is 15.0 Å². The van der Waals surface area contributed by atoms with E-state index in [4.69, 9.17) is 14.7 Å². The first-order valence-electron chi connectivity index (χ1n) is 11.5. The molecule has 0 aliphatic carbocycles. The average molecular weight is 478 g/mol. The zero-order chi connectivity index (χ0) is 24.1. The van der Waals surface area contributed by atoms with Gasteiger partial charge in [-0.2, -0.15) is 0 Å². The molecule has 1 N–H and O–H groups in total. The van der Waals surface area contributed by atoms with Gasteiger partial charge in [0.25, 0.3) is 0 Å². The lowest BCUT2D eigenvalue weighted by molar-refractivity contribution is -0.111. The third-order valence-electron chi connectivity index (χ3n) is 6.16. The molecule has 178 valence electrons. The largest absolute Gasteiger partial charge is 0.483 e. The minimum atomic E-state index is -0.200. The number of nitrogens with one attached hydrogen (secondary N) is 1.